The van der Waals surface area contributed by atoms with Crippen LogP contribution in [-0.2, 0) is 13.0 Å². The van der Waals surface area contributed by atoms with Gasteiger partial charge in [-0.25, -0.2) is 9.67 Å². The summed E-state index contributed by atoms with van der Waals surface area (Å²) in [7, 11) is 1.96. The number of aromatic nitrogens is 3. The van der Waals surface area contributed by atoms with Crippen molar-refractivity contribution in [3.63, 3.8) is 0 Å². The zero-order valence-corrected chi connectivity index (χ0v) is 9.61. The molecular formula is C11H20N4. The summed E-state index contributed by atoms with van der Waals surface area (Å²) in [6.45, 7) is 4.13. The second kappa shape index (κ2) is 7.17. The fourth-order valence-corrected chi connectivity index (χ4v) is 1.38. The molecule has 0 aliphatic rings. The third-order valence-corrected chi connectivity index (χ3v) is 2.16. The molecule has 0 saturated heterocycles. The van der Waals surface area contributed by atoms with Crippen molar-refractivity contribution in [2.24, 2.45) is 0 Å². The van der Waals surface area contributed by atoms with Crippen LogP contribution in [0.15, 0.2) is 18.5 Å². The minimum atomic E-state index is 0.879. The molecule has 15 heavy (non-hydrogen) atoms. The van der Waals surface area contributed by atoms with E-state index in [9.17, 15) is 0 Å². The predicted octanol–water partition coefficient (Wildman–Crippen LogP) is 1.40. The van der Waals surface area contributed by atoms with Gasteiger partial charge < -0.3 is 5.32 Å². The Hall–Kier alpha value is -1.16. The molecule has 1 aromatic heterocycles. The Morgan fingerprint density at radius 3 is 3.07 bits per heavy atom. The maximum Gasteiger partial charge on any atom is 0.138 e. The van der Waals surface area contributed by atoms with Gasteiger partial charge in [-0.05, 0) is 26.4 Å². The monoisotopic (exact) mass is 208 g/mol. The lowest BCUT2D eigenvalue weighted by Gasteiger charge is -2.00. The largest absolute Gasteiger partial charge is 0.319 e. The van der Waals surface area contributed by atoms with E-state index in [1.165, 1.54) is 0 Å². The molecule has 0 aliphatic carbocycles. The van der Waals surface area contributed by atoms with Gasteiger partial charge in [0.05, 0.1) is 0 Å². The molecule has 1 aromatic rings. The number of hydrogen-bond donors (Lipinski definition) is 1. The molecule has 0 atom stereocenters. The van der Waals surface area contributed by atoms with Gasteiger partial charge in [-0.2, -0.15) is 5.10 Å². The summed E-state index contributed by atoms with van der Waals surface area (Å²) in [4.78, 5) is 4.24. The lowest BCUT2D eigenvalue weighted by Crippen LogP contribution is -2.06. The van der Waals surface area contributed by atoms with Crippen LogP contribution in [0.2, 0.25) is 0 Å². The highest BCUT2D eigenvalue weighted by Gasteiger charge is 1.99. The first-order chi connectivity index (χ1) is 7.38. The molecule has 0 aromatic carbocycles. The first-order valence-electron chi connectivity index (χ1n) is 5.54. The summed E-state index contributed by atoms with van der Waals surface area (Å²) in [6, 6.07) is 0. The molecule has 0 fully saturated rings. The molecule has 0 amide bonds. The van der Waals surface area contributed by atoms with Crippen LogP contribution >= 0.6 is 0 Å². The van der Waals surface area contributed by atoms with Gasteiger partial charge in [-0.3, -0.25) is 0 Å². The maximum absolute atomic E-state index is 4.24. The SMILES string of the molecule is CCCn1ncnc1CC=CCCNC. The highest BCUT2D eigenvalue weighted by Crippen LogP contribution is 1.98. The zero-order valence-electron chi connectivity index (χ0n) is 9.61. The van der Waals surface area contributed by atoms with Crippen LogP contribution in [0.4, 0.5) is 0 Å². The van der Waals surface area contributed by atoms with E-state index in [0.717, 1.165) is 38.2 Å². The van der Waals surface area contributed by atoms with Gasteiger partial charge >= 0.3 is 0 Å². The summed E-state index contributed by atoms with van der Waals surface area (Å²) < 4.78 is 1.97. The standard InChI is InChI=1S/C11H20N4/c1-3-9-15-11(13-10-14-15)7-5-4-6-8-12-2/h4-5,10,12H,3,6-9H2,1-2H3. The van der Waals surface area contributed by atoms with Gasteiger partial charge in [0.2, 0.25) is 0 Å². The Morgan fingerprint density at radius 2 is 2.33 bits per heavy atom. The van der Waals surface area contributed by atoms with Gasteiger partial charge in [-0.1, -0.05) is 19.1 Å². The molecule has 0 saturated carbocycles. The molecule has 1 heterocycles. The van der Waals surface area contributed by atoms with Crippen LogP contribution in [0, 0.1) is 0 Å². The molecule has 4 nitrogen and oxygen atoms in total. The summed E-state index contributed by atoms with van der Waals surface area (Å²) in [5, 5.41) is 7.29. The molecule has 0 aliphatic heterocycles. The Kier molecular flexibility index (Phi) is 5.70. The van der Waals surface area contributed by atoms with E-state index >= 15 is 0 Å². The van der Waals surface area contributed by atoms with Crippen molar-refractivity contribution in [3.8, 4) is 0 Å². The molecule has 1 rings (SSSR count). The lowest BCUT2D eigenvalue weighted by atomic mass is 10.3. The topological polar surface area (TPSA) is 42.7 Å². The van der Waals surface area contributed by atoms with E-state index in [1.54, 1.807) is 6.33 Å². The third kappa shape index (κ3) is 4.25. The van der Waals surface area contributed by atoms with Crippen LogP contribution in [0.5, 0.6) is 0 Å². The smallest absolute Gasteiger partial charge is 0.138 e. The van der Waals surface area contributed by atoms with Crippen LogP contribution < -0.4 is 5.32 Å². The number of allylic oxidation sites excluding steroid dienone is 1. The summed E-state index contributed by atoms with van der Waals surface area (Å²) in [6.07, 6.45) is 9.02. The van der Waals surface area contributed by atoms with E-state index in [1.807, 2.05) is 11.7 Å². The molecular weight excluding hydrogens is 188 g/mol. The second-order valence-electron chi connectivity index (χ2n) is 3.47. The van der Waals surface area contributed by atoms with E-state index < -0.39 is 0 Å². The number of hydrogen-bond acceptors (Lipinski definition) is 3. The number of aryl methyl sites for hydroxylation is 1. The first kappa shape index (κ1) is 11.9. The van der Waals surface area contributed by atoms with Crippen molar-refractivity contribution in [1.29, 1.82) is 0 Å². The van der Waals surface area contributed by atoms with Gasteiger partial charge in [0.15, 0.2) is 0 Å². The average molecular weight is 208 g/mol. The summed E-state index contributed by atoms with van der Waals surface area (Å²) >= 11 is 0. The average Bonchev–Trinajstić information content (AvgIpc) is 2.66. The molecule has 0 spiro atoms. The lowest BCUT2D eigenvalue weighted by molar-refractivity contribution is 0.577. The van der Waals surface area contributed by atoms with Crippen molar-refractivity contribution >= 4 is 0 Å². The minimum Gasteiger partial charge on any atom is -0.319 e. The highest BCUT2D eigenvalue weighted by molar-refractivity contribution is 4.95. The van der Waals surface area contributed by atoms with Gasteiger partial charge in [0.1, 0.15) is 12.2 Å². The second-order valence-corrected chi connectivity index (χ2v) is 3.47. The quantitative estimate of drug-likeness (QED) is 0.544. The molecule has 84 valence electrons. The number of rotatable bonds is 7. The zero-order chi connectivity index (χ0) is 10.9. The van der Waals surface area contributed by atoms with Crippen LogP contribution in [0.25, 0.3) is 0 Å². The molecule has 0 radical (unpaired) electrons. The van der Waals surface area contributed by atoms with Crippen molar-refractivity contribution in [2.45, 2.75) is 32.7 Å². The molecule has 0 bridgehead atoms. The van der Waals surface area contributed by atoms with Gasteiger partial charge in [-0.15, -0.1) is 0 Å². The Morgan fingerprint density at radius 1 is 1.47 bits per heavy atom. The fraction of sp³-hybridized carbons (Fsp3) is 0.636. The maximum atomic E-state index is 4.24. The van der Waals surface area contributed by atoms with Crippen LogP contribution in [-0.4, -0.2) is 28.4 Å². The van der Waals surface area contributed by atoms with Crippen molar-refractivity contribution in [3.05, 3.63) is 24.3 Å². The first-order valence-corrected chi connectivity index (χ1v) is 5.54. The predicted molar refractivity (Wildman–Crippen MR) is 61.7 cm³/mol. The van der Waals surface area contributed by atoms with Gasteiger partial charge in [0, 0.05) is 13.0 Å². The molecule has 1 N–H and O–H groups in total. The summed E-state index contributed by atoms with van der Waals surface area (Å²) in [5.41, 5.74) is 0. The normalized spacial score (nSPS) is 11.3. The third-order valence-electron chi connectivity index (χ3n) is 2.16. The Bertz CT molecular complexity index is 291. The van der Waals surface area contributed by atoms with Crippen molar-refractivity contribution in [2.75, 3.05) is 13.6 Å². The van der Waals surface area contributed by atoms with E-state index in [4.69, 9.17) is 0 Å². The fourth-order valence-electron chi connectivity index (χ4n) is 1.38. The Labute approximate surface area is 91.4 Å². The van der Waals surface area contributed by atoms with Crippen LogP contribution in [0.3, 0.4) is 0 Å². The van der Waals surface area contributed by atoms with E-state index in [2.05, 4.69) is 34.5 Å². The van der Waals surface area contributed by atoms with E-state index in [-0.39, 0.29) is 0 Å². The number of nitrogens with one attached hydrogen (secondary N) is 1. The van der Waals surface area contributed by atoms with Crippen molar-refractivity contribution < 1.29 is 0 Å². The van der Waals surface area contributed by atoms with Gasteiger partial charge in [0.25, 0.3) is 0 Å². The van der Waals surface area contributed by atoms with Crippen molar-refractivity contribution in [1.82, 2.24) is 20.1 Å². The molecule has 4 heteroatoms. The van der Waals surface area contributed by atoms with E-state index in [0.29, 0.717) is 0 Å². The molecule has 0 unspecified atom stereocenters. The highest BCUT2D eigenvalue weighted by atomic mass is 15.3. The minimum absolute atomic E-state index is 0.879. The number of nitrogens with zero attached hydrogens (tertiary/aromatic N) is 3. The Balaban J connectivity index is 2.35. The summed E-state index contributed by atoms with van der Waals surface area (Å²) in [5.74, 6) is 1.05. The van der Waals surface area contributed by atoms with Crippen LogP contribution in [0.1, 0.15) is 25.6 Å².